The molecule has 1 amide bonds. The first-order chi connectivity index (χ1) is 15.1. The highest BCUT2D eigenvalue weighted by molar-refractivity contribution is 6.19. The Balaban J connectivity index is 1.48. The van der Waals surface area contributed by atoms with Gasteiger partial charge in [0.25, 0.3) is 5.91 Å². The molecule has 0 aliphatic carbocycles. The summed E-state index contributed by atoms with van der Waals surface area (Å²) in [4.78, 5) is 22.9. The van der Waals surface area contributed by atoms with Gasteiger partial charge in [-0.2, -0.15) is 0 Å². The molecule has 0 saturated heterocycles. The maximum atomic E-state index is 13.4. The molecular weight excluding hydrogens is 418 g/mol. The zero-order valence-electron chi connectivity index (χ0n) is 17.2. The lowest BCUT2D eigenvalue weighted by Gasteiger charge is -2.16. The van der Waals surface area contributed by atoms with E-state index in [1.807, 2.05) is 24.3 Å². The number of methoxy groups -OCH3 is 1. The molecule has 159 valence electrons. The van der Waals surface area contributed by atoms with Crippen LogP contribution in [0, 0.1) is 13.0 Å². The van der Waals surface area contributed by atoms with Crippen LogP contribution >= 0.6 is 11.6 Å². The van der Waals surface area contributed by atoms with Crippen LogP contribution in [0.4, 0.5) is 5.69 Å². The first kappa shape index (κ1) is 19.9. The molecule has 5 rings (SSSR count). The van der Waals surface area contributed by atoms with Gasteiger partial charge in [-0.3, -0.25) is 4.79 Å². The Labute approximate surface area is 183 Å². The number of fused-ring (bicyclic) bond motifs is 4. The Morgan fingerprint density at radius 1 is 1.39 bits per heavy atom. The molecule has 1 atom stereocenters. The van der Waals surface area contributed by atoms with Crippen LogP contribution in [-0.2, 0) is 4.74 Å². The summed E-state index contributed by atoms with van der Waals surface area (Å²) in [6.07, 6.45) is 0. The summed E-state index contributed by atoms with van der Waals surface area (Å²) in [6, 6.07) is 12.4. The SMILES string of the molecule is COCCOc1ccc2[nH]c(C(=O)N3CC(CCl)c4c3c[c]c3oc(C)nc43)cc2c1. The second kappa shape index (κ2) is 7.90. The maximum absolute atomic E-state index is 13.4. The standard InChI is InChI=1S/C23H21ClN3O4/c1-13-25-22-20(31-13)6-5-19-21(22)15(11-24)12-27(19)23(28)18-10-14-9-16(30-8-7-29-2)3-4-17(14)26-18/h3-5,9-10,15,26H,7-8,11-12H2,1-2H3. The number of halogens is 1. The summed E-state index contributed by atoms with van der Waals surface area (Å²) < 4.78 is 16.3. The van der Waals surface area contributed by atoms with Crippen LogP contribution in [0.1, 0.15) is 27.9 Å². The van der Waals surface area contributed by atoms with Crippen molar-refractivity contribution in [2.75, 3.05) is 37.6 Å². The van der Waals surface area contributed by atoms with Gasteiger partial charge in [-0.1, -0.05) is 0 Å². The monoisotopic (exact) mass is 438 g/mol. The third-order valence-electron chi connectivity index (χ3n) is 5.52. The number of aryl methyl sites for hydroxylation is 1. The summed E-state index contributed by atoms with van der Waals surface area (Å²) in [5, 5.41) is 0.903. The van der Waals surface area contributed by atoms with E-state index in [2.05, 4.69) is 16.0 Å². The maximum Gasteiger partial charge on any atom is 0.274 e. The fourth-order valence-corrected chi connectivity index (χ4v) is 4.35. The molecule has 1 aliphatic rings. The molecule has 0 fully saturated rings. The third-order valence-corrected chi connectivity index (χ3v) is 5.89. The summed E-state index contributed by atoms with van der Waals surface area (Å²) in [5.41, 5.74) is 4.40. The number of carbonyl (C=O) groups excluding carboxylic acids is 1. The van der Waals surface area contributed by atoms with Gasteiger partial charge in [-0.05, 0) is 30.3 Å². The minimum Gasteiger partial charge on any atom is -0.491 e. The van der Waals surface area contributed by atoms with Gasteiger partial charge in [-0.25, -0.2) is 4.98 Å². The number of rotatable bonds is 6. The van der Waals surface area contributed by atoms with E-state index >= 15 is 0 Å². The largest absolute Gasteiger partial charge is 0.491 e. The smallest absolute Gasteiger partial charge is 0.274 e. The van der Waals surface area contributed by atoms with Crippen LogP contribution < -0.4 is 9.64 Å². The number of hydrogen-bond acceptors (Lipinski definition) is 5. The molecule has 0 spiro atoms. The van der Waals surface area contributed by atoms with Crippen molar-refractivity contribution in [1.82, 2.24) is 9.97 Å². The molecule has 0 saturated carbocycles. The number of nitrogens with zero attached hydrogens (tertiary/aromatic N) is 2. The highest BCUT2D eigenvalue weighted by Gasteiger charge is 2.35. The van der Waals surface area contributed by atoms with Crippen LogP contribution in [0.3, 0.4) is 0 Å². The van der Waals surface area contributed by atoms with E-state index in [4.69, 9.17) is 25.5 Å². The topological polar surface area (TPSA) is 80.6 Å². The highest BCUT2D eigenvalue weighted by Crippen LogP contribution is 2.42. The van der Waals surface area contributed by atoms with Gasteiger partial charge < -0.3 is 23.8 Å². The molecule has 1 radical (unpaired) electrons. The molecule has 2 aromatic carbocycles. The number of carbonyl (C=O) groups is 1. The van der Waals surface area contributed by atoms with Crippen molar-refractivity contribution in [3.05, 3.63) is 53.5 Å². The highest BCUT2D eigenvalue weighted by atomic mass is 35.5. The van der Waals surface area contributed by atoms with Gasteiger partial charge in [0.15, 0.2) is 11.5 Å². The van der Waals surface area contributed by atoms with Gasteiger partial charge >= 0.3 is 0 Å². The first-order valence-electron chi connectivity index (χ1n) is 10.0. The van der Waals surface area contributed by atoms with Crippen LogP contribution in [0.5, 0.6) is 5.75 Å². The lowest BCUT2D eigenvalue weighted by Crippen LogP contribution is -2.30. The van der Waals surface area contributed by atoms with Gasteiger partial charge in [0.05, 0.1) is 12.3 Å². The molecule has 3 heterocycles. The predicted molar refractivity (Wildman–Crippen MR) is 118 cm³/mol. The van der Waals surface area contributed by atoms with E-state index in [1.54, 1.807) is 25.0 Å². The average molecular weight is 439 g/mol. The second-order valence-corrected chi connectivity index (χ2v) is 7.85. The van der Waals surface area contributed by atoms with Crippen molar-refractivity contribution in [1.29, 1.82) is 0 Å². The molecule has 1 N–H and O–H groups in total. The number of ether oxygens (including phenoxy) is 2. The number of oxazole rings is 1. The van der Waals surface area contributed by atoms with E-state index in [9.17, 15) is 4.79 Å². The number of anilines is 1. The number of H-pyrrole nitrogens is 1. The van der Waals surface area contributed by atoms with Crippen molar-refractivity contribution >= 4 is 45.2 Å². The van der Waals surface area contributed by atoms with E-state index in [0.29, 0.717) is 42.8 Å². The Kier molecular flexibility index (Phi) is 5.08. The van der Waals surface area contributed by atoms with Crippen molar-refractivity contribution in [3.63, 3.8) is 0 Å². The van der Waals surface area contributed by atoms with Gasteiger partial charge in [0.1, 0.15) is 23.6 Å². The Hall–Kier alpha value is -3.03. The molecule has 7 nitrogen and oxygen atoms in total. The molecule has 0 bridgehead atoms. The van der Waals surface area contributed by atoms with Crippen LogP contribution in [-0.4, -0.2) is 48.6 Å². The minimum absolute atomic E-state index is 0.0209. The number of amides is 1. The molecular formula is C23H21ClN3O4. The Bertz CT molecular complexity index is 1280. The van der Waals surface area contributed by atoms with Crippen molar-refractivity contribution in [3.8, 4) is 5.75 Å². The number of benzene rings is 2. The number of hydrogen-bond donors (Lipinski definition) is 1. The molecule has 31 heavy (non-hydrogen) atoms. The first-order valence-corrected chi connectivity index (χ1v) is 10.6. The summed E-state index contributed by atoms with van der Waals surface area (Å²) in [6.45, 7) is 3.26. The third kappa shape index (κ3) is 3.43. The number of nitrogens with one attached hydrogen (secondary N) is 1. The Morgan fingerprint density at radius 2 is 2.26 bits per heavy atom. The van der Waals surface area contributed by atoms with E-state index in [0.717, 1.165) is 33.4 Å². The van der Waals surface area contributed by atoms with Gasteiger partial charge in [0, 0.05) is 54.9 Å². The van der Waals surface area contributed by atoms with Crippen LogP contribution in [0.2, 0.25) is 0 Å². The number of alkyl halides is 1. The van der Waals surface area contributed by atoms with E-state index < -0.39 is 0 Å². The number of aromatic nitrogens is 2. The fraction of sp³-hybridized carbons (Fsp3) is 0.304. The van der Waals surface area contributed by atoms with Gasteiger partial charge in [0.2, 0.25) is 0 Å². The van der Waals surface area contributed by atoms with Crippen molar-refractivity contribution < 1.29 is 18.7 Å². The van der Waals surface area contributed by atoms with Crippen LogP contribution in [0.15, 0.2) is 34.7 Å². The zero-order chi connectivity index (χ0) is 21.5. The zero-order valence-corrected chi connectivity index (χ0v) is 18.0. The second-order valence-electron chi connectivity index (χ2n) is 7.54. The van der Waals surface area contributed by atoms with Crippen LogP contribution in [0.25, 0.3) is 22.0 Å². The van der Waals surface area contributed by atoms with Crippen molar-refractivity contribution in [2.24, 2.45) is 0 Å². The van der Waals surface area contributed by atoms with Crippen molar-refractivity contribution in [2.45, 2.75) is 12.8 Å². The lowest BCUT2D eigenvalue weighted by atomic mass is 10.0. The molecule has 2 aromatic heterocycles. The normalized spacial score (nSPS) is 15.7. The number of aromatic amines is 1. The van der Waals surface area contributed by atoms with Gasteiger partial charge in [-0.15, -0.1) is 11.6 Å². The quantitative estimate of drug-likeness (QED) is 0.356. The Morgan fingerprint density at radius 3 is 3.06 bits per heavy atom. The fourth-order valence-electron chi connectivity index (χ4n) is 4.10. The predicted octanol–water partition coefficient (Wildman–Crippen LogP) is 4.43. The summed E-state index contributed by atoms with van der Waals surface area (Å²) in [7, 11) is 1.63. The molecule has 4 aromatic rings. The molecule has 1 unspecified atom stereocenters. The average Bonchev–Trinajstić information content (AvgIpc) is 3.46. The van der Waals surface area contributed by atoms with E-state index in [1.165, 1.54) is 0 Å². The van der Waals surface area contributed by atoms with E-state index in [-0.39, 0.29) is 11.8 Å². The summed E-state index contributed by atoms with van der Waals surface area (Å²) in [5.74, 6) is 1.54. The molecule has 8 heteroatoms. The minimum atomic E-state index is -0.125. The molecule has 1 aliphatic heterocycles. The summed E-state index contributed by atoms with van der Waals surface area (Å²) >= 11 is 6.26. The lowest BCUT2D eigenvalue weighted by molar-refractivity contribution is 0.0984.